The molecule has 4 aromatic rings. The Morgan fingerprint density at radius 2 is 1.79 bits per heavy atom. The summed E-state index contributed by atoms with van der Waals surface area (Å²) in [7, 11) is 0. The van der Waals surface area contributed by atoms with Crippen LogP contribution in [0.5, 0.6) is 0 Å². The number of fused-ring (bicyclic) bond motifs is 1. The molecule has 1 N–H and O–H groups in total. The zero-order valence-electron chi connectivity index (χ0n) is 20.0. The number of rotatable bonds is 5. The van der Waals surface area contributed by atoms with E-state index in [9.17, 15) is 4.79 Å². The molecule has 2 aromatic heterocycles. The number of amides is 1. The van der Waals surface area contributed by atoms with Gasteiger partial charge in [0.2, 0.25) is 5.91 Å². The van der Waals surface area contributed by atoms with E-state index in [0.717, 1.165) is 58.7 Å². The Bertz CT molecular complexity index is 1310. The van der Waals surface area contributed by atoms with E-state index >= 15 is 0 Å². The van der Waals surface area contributed by atoms with Gasteiger partial charge in [-0.25, -0.2) is 4.68 Å². The first-order chi connectivity index (χ1) is 16.5. The van der Waals surface area contributed by atoms with Crippen molar-refractivity contribution in [3.05, 3.63) is 77.1 Å². The Morgan fingerprint density at radius 3 is 2.56 bits per heavy atom. The Morgan fingerprint density at radius 1 is 1.03 bits per heavy atom. The minimum atomic E-state index is -0.0883. The van der Waals surface area contributed by atoms with Crippen molar-refractivity contribution in [2.75, 3.05) is 18.0 Å². The second-order valence-corrected chi connectivity index (χ2v) is 9.15. The SMILES string of the molecule is Cc1ccc(CNC(=O)C2CCCN(c3nnc(C)c4c(C)n(-c5ccccc5)nc34)C2)cc1. The fourth-order valence-electron chi connectivity index (χ4n) is 4.77. The highest BCUT2D eigenvalue weighted by molar-refractivity contribution is 5.92. The van der Waals surface area contributed by atoms with Crippen molar-refractivity contribution in [2.45, 2.75) is 40.2 Å². The van der Waals surface area contributed by atoms with Gasteiger partial charge in [-0.1, -0.05) is 48.0 Å². The molecule has 1 unspecified atom stereocenters. The van der Waals surface area contributed by atoms with E-state index in [1.165, 1.54) is 5.56 Å². The minimum absolute atomic E-state index is 0.0883. The number of hydrogen-bond acceptors (Lipinski definition) is 5. The topological polar surface area (TPSA) is 75.9 Å². The van der Waals surface area contributed by atoms with Gasteiger partial charge in [0.1, 0.15) is 5.52 Å². The summed E-state index contributed by atoms with van der Waals surface area (Å²) < 4.78 is 1.96. The molecule has 174 valence electrons. The first kappa shape index (κ1) is 22.1. The highest BCUT2D eigenvalue weighted by Crippen LogP contribution is 2.31. The monoisotopic (exact) mass is 454 g/mol. The number of nitrogens with zero attached hydrogens (tertiary/aromatic N) is 5. The second kappa shape index (κ2) is 9.25. The Balaban J connectivity index is 1.38. The van der Waals surface area contributed by atoms with Gasteiger partial charge in [0, 0.05) is 19.6 Å². The number of para-hydroxylation sites is 1. The molecule has 0 radical (unpaired) electrons. The maximum atomic E-state index is 13.0. The molecule has 5 rings (SSSR count). The predicted octanol–water partition coefficient (Wildman–Crippen LogP) is 4.27. The summed E-state index contributed by atoms with van der Waals surface area (Å²) in [6.07, 6.45) is 1.80. The molecule has 1 fully saturated rings. The fourth-order valence-corrected chi connectivity index (χ4v) is 4.77. The number of hydrogen-bond donors (Lipinski definition) is 1. The number of carbonyl (C=O) groups is 1. The zero-order chi connectivity index (χ0) is 23.7. The molecule has 0 saturated carbocycles. The van der Waals surface area contributed by atoms with E-state index < -0.39 is 0 Å². The summed E-state index contributed by atoms with van der Waals surface area (Å²) in [5, 5.41) is 18.1. The number of aromatic nitrogens is 4. The van der Waals surface area contributed by atoms with Gasteiger partial charge in [0.25, 0.3) is 0 Å². The van der Waals surface area contributed by atoms with Gasteiger partial charge in [-0.3, -0.25) is 4.79 Å². The van der Waals surface area contributed by atoms with Crippen LogP contribution in [0.3, 0.4) is 0 Å². The molecule has 1 aliphatic rings. The highest BCUT2D eigenvalue weighted by atomic mass is 16.1. The van der Waals surface area contributed by atoms with Crippen molar-refractivity contribution in [1.29, 1.82) is 0 Å². The van der Waals surface area contributed by atoms with Crippen LogP contribution in [-0.4, -0.2) is 39.0 Å². The number of benzene rings is 2. The van der Waals surface area contributed by atoms with Crippen LogP contribution in [0, 0.1) is 26.7 Å². The van der Waals surface area contributed by atoms with Gasteiger partial charge < -0.3 is 10.2 Å². The van der Waals surface area contributed by atoms with Crippen LogP contribution in [0.1, 0.15) is 35.4 Å². The molecule has 0 bridgehead atoms. The van der Waals surface area contributed by atoms with Crippen molar-refractivity contribution < 1.29 is 4.79 Å². The minimum Gasteiger partial charge on any atom is -0.352 e. The van der Waals surface area contributed by atoms with Crippen molar-refractivity contribution in [1.82, 2.24) is 25.3 Å². The summed E-state index contributed by atoms with van der Waals surface area (Å²) >= 11 is 0. The van der Waals surface area contributed by atoms with Gasteiger partial charge in [-0.2, -0.15) is 10.2 Å². The fraction of sp³-hybridized carbons (Fsp3) is 0.333. The molecule has 1 aliphatic heterocycles. The molecule has 1 saturated heterocycles. The molecular formula is C27H30N6O. The van der Waals surface area contributed by atoms with Crippen LogP contribution in [0.15, 0.2) is 54.6 Å². The quantitative estimate of drug-likeness (QED) is 0.487. The van der Waals surface area contributed by atoms with Gasteiger partial charge in [-0.15, -0.1) is 5.10 Å². The standard InChI is InChI=1S/C27H30N6O/c1-18-11-13-21(14-12-18)16-28-27(34)22-8-7-15-32(17-22)26-25-24(19(2)29-30-26)20(3)33(31-25)23-9-5-4-6-10-23/h4-6,9-14,22H,7-8,15-17H2,1-3H3,(H,28,34). The van der Waals surface area contributed by atoms with Crippen molar-refractivity contribution >= 4 is 22.6 Å². The maximum absolute atomic E-state index is 13.0. The molecule has 7 heteroatoms. The van der Waals surface area contributed by atoms with E-state index in [4.69, 9.17) is 5.10 Å². The van der Waals surface area contributed by atoms with E-state index in [2.05, 4.69) is 58.5 Å². The lowest BCUT2D eigenvalue weighted by Crippen LogP contribution is -2.43. The average Bonchev–Trinajstić information content (AvgIpc) is 3.22. The van der Waals surface area contributed by atoms with Crippen LogP contribution in [0.4, 0.5) is 5.82 Å². The van der Waals surface area contributed by atoms with Gasteiger partial charge in [-0.05, 0) is 51.3 Å². The number of nitrogens with one attached hydrogen (secondary N) is 1. The smallest absolute Gasteiger partial charge is 0.225 e. The molecule has 0 aliphatic carbocycles. The van der Waals surface area contributed by atoms with Gasteiger partial charge in [0.05, 0.1) is 28.4 Å². The third-order valence-corrected chi connectivity index (χ3v) is 6.66. The number of aryl methyl sites for hydroxylation is 3. The van der Waals surface area contributed by atoms with E-state index in [-0.39, 0.29) is 11.8 Å². The van der Waals surface area contributed by atoms with Crippen LogP contribution >= 0.6 is 0 Å². The molecule has 7 nitrogen and oxygen atoms in total. The maximum Gasteiger partial charge on any atom is 0.225 e. The van der Waals surface area contributed by atoms with E-state index in [0.29, 0.717) is 13.1 Å². The Hall–Kier alpha value is -3.74. The normalized spacial score (nSPS) is 16.1. The zero-order valence-corrected chi connectivity index (χ0v) is 20.0. The lowest BCUT2D eigenvalue weighted by Gasteiger charge is -2.32. The van der Waals surface area contributed by atoms with Crippen molar-refractivity contribution in [2.24, 2.45) is 5.92 Å². The van der Waals surface area contributed by atoms with E-state index in [1.807, 2.05) is 41.9 Å². The first-order valence-corrected chi connectivity index (χ1v) is 11.9. The molecule has 2 aromatic carbocycles. The third kappa shape index (κ3) is 4.25. The Labute approximate surface area is 199 Å². The molecule has 34 heavy (non-hydrogen) atoms. The highest BCUT2D eigenvalue weighted by Gasteiger charge is 2.29. The van der Waals surface area contributed by atoms with Crippen molar-refractivity contribution in [3.63, 3.8) is 0 Å². The lowest BCUT2D eigenvalue weighted by molar-refractivity contribution is -0.125. The number of carbonyl (C=O) groups excluding carboxylic acids is 1. The lowest BCUT2D eigenvalue weighted by atomic mass is 9.97. The van der Waals surface area contributed by atoms with Gasteiger partial charge in [0.15, 0.2) is 5.82 Å². The van der Waals surface area contributed by atoms with Crippen LogP contribution < -0.4 is 10.2 Å². The van der Waals surface area contributed by atoms with Crippen LogP contribution in [-0.2, 0) is 11.3 Å². The van der Waals surface area contributed by atoms with Crippen LogP contribution in [0.2, 0.25) is 0 Å². The number of piperidine rings is 1. The predicted molar refractivity (Wildman–Crippen MR) is 134 cm³/mol. The third-order valence-electron chi connectivity index (χ3n) is 6.66. The molecule has 1 atom stereocenters. The van der Waals surface area contributed by atoms with E-state index in [1.54, 1.807) is 0 Å². The van der Waals surface area contributed by atoms with Crippen LogP contribution in [0.25, 0.3) is 16.6 Å². The second-order valence-electron chi connectivity index (χ2n) is 9.15. The summed E-state index contributed by atoms with van der Waals surface area (Å²) in [6, 6.07) is 18.4. The first-order valence-electron chi connectivity index (χ1n) is 11.9. The molecule has 0 spiro atoms. The number of anilines is 1. The average molecular weight is 455 g/mol. The molecule has 3 heterocycles. The molecular weight excluding hydrogens is 424 g/mol. The van der Waals surface area contributed by atoms with Gasteiger partial charge >= 0.3 is 0 Å². The summed E-state index contributed by atoms with van der Waals surface area (Å²) in [5.41, 5.74) is 6.08. The van der Waals surface area contributed by atoms with Crippen molar-refractivity contribution in [3.8, 4) is 5.69 Å². The Kier molecular flexibility index (Phi) is 6.01. The summed E-state index contributed by atoms with van der Waals surface area (Å²) in [6.45, 7) is 8.10. The molecule has 1 amide bonds. The largest absolute Gasteiger partial charge is 0.352 e. The summed E-state index contributed by atoms with van der Waals surface area (Å²) in [4.78, 5) is 15.2. The summed E-state index contributed by atoms with van der Waals surface area (Å²) in [5.74, 6) is 0.761.